The molecule has 1 fully saturated rings. The molecule has 6 nitrogen and oxygen atoms in total. The minimum absolute atomic E-state index is 0. The second-order valence-corrected chi connectivity index (χ2v) is 7.72. The lowest BCUT2D eigenvalue weighted by Gasteiger charge is -2.45. The standard InChI is InChI=1S/C19H29F3N4O2.HI/c1-13-10-26(11-14(2)27-13)18(3,4)12-25-17(23)24-9-15-5-7-16(8-6-15)28-19(20,21)22;/h5-8,13-14H,9-12H2,1-4H3,(H3,23,24,25);1H. The van der Waals surface area contributed by atoms with Crippen molar-refractivity contribution in [3.8, 4) is 5.75 Å². The Balaban J connectivity index is 0.00000420. The summed E-state index contributed by atoms with van der Waals surface area (Å²) < 4.78 is 46.1. The van der Waals surface area contributed by atoms with Crippen LogP contribution >= 0.6 is 24.0 Å². The fourth-order valence-corrected chi connectivity index (χ4v) is 3.12. The average Bonchev–Trinajstić information content (AvgIpc) is 2.57. The Hall–Kier alpha value is -1.27. The van der Waals surface area contributed by atoms with E-state index in [1.807, 2.05) is 0 Å². The largest absolute Gasteiger partial charge is 0.573 e. The number of rotatable bonds is 6. The second-order valence-electron chi connectivity index (χ2n) is 7.72. The van der Waals surface area contributed by atoms with Gasteiger partial charge in [0.05, 0.1) is 18.8 Å². The molecule has 0 aromatic heterocycles. The molecule has 2 atom stereocenters. The molecule has 3 N–H and O–H groups in total. The first-order valence-electron chi connectivity index (χ1n) is 9.23. The van der Waals surface area contributed by atoms with Crippen LogP contribution in [0.4, 0.5) is 13.2 Å². The van der Waals surface area contributed by atoms with Crippen LogP contribution in [0, 0.1) is 0 Å². The van der Waals surface area contributed by atoms with E-state index in [0.29, 0.717) is 6.54 Å². The van der Waals surface area contributed by atoms with Crippen LogP contribution in [0.5, 0.6) is 5.75 Å². The topological polar surface area (TPSA) is 72.1 Å². The highest BCUT2D eigenvalue weighted by Gasteiger charge is 2.33. The highest BCUT2D eigenvalue weighted by atomic mass is 127. The van der Waals surface area contributed by atoms with E-state index in [-0.39, 0.29) is 60.0 Å². The van der Waals surface area contributed by atoms with Crippen LogP contribution in [0.25, 0.3) is 0 Å². The Bertz CT molecular complexity index is 658. The number of nitrogens with zero attached hydrogens (tertiary/aromatic N) is 2. The number of nitrogens with two attached hydrogens (primary N) is 1. The Morgan fingerprint density at radius 1 is 1.21 bits per heavy atom. The smallest absolute Gasteiger partial charge is 0.406 e. The first-order chi connectivity index (χ1) is 12.9. The number of hydrogen-bond acceptors (Lipinski definition) is 4. The Morgan fingerprint density at radius 2 is 1.76 bits per heavy atom. The Kier molecular flexibility index (Phi) is 9.48. The molecule has 2 unspecified atom stereocenters. The van der Waals surface area contributed by atoms with Gasteiger partial charge in [0, 0.05) is 25.2 Å². The van der Waals surface area contributed by atoms with E-state index in [0.717, 1.165) is 18.7 Å². The number of guanidine groups is 1. The van der Waals surface area contributed by atoms with Crippen molar-refractivity contribution in [3.05, 3.63) is 29.8 Å². The van der Waals surface area contributed by atoms with E-state index in [1.54, 1.807) is 0 Å². The molecule has 0 saturated carbocycles. The molecule has 0 amide bonds. The van der Waals surface area contributed by atoms with Gasteiger partial charge in [0.15, 0.2) is 5.96 Å². The number of nitrogens with one attached hydrogen (secondary N) is 1. The summed E-state index contributed by atoms with van der Waals surface area (Å²) in [5, 5.41) is 3.13. The summed E-state index contributed by atoms with van der Waals surface area (Å²) in [6.07, 6.45) is -4.34. The molecule has 2 rings (SSSR count). The summed E-state index contributed by atoms with van der Waals surface area (Å²) in [7, 11) is 0. The molecular formula is C19H30F3IN4O2. The predicted molar refractivity (Wildman–Crippen MR) is 118 cm³/mol. The summed E-state index contributed by atoms with van der Waals surface area (Å²) in [5.74, 6) is 0.0279. The number of ether oxygens (including phenoxy) is 2. The number of alkyl halides is 3. The van der Waals surface area contributed by atoms with Crippen molar-refractivity contribution in [3.63, 3.8) is 0 Å². The fourth-order valence-electron chi connectivity index (χ4n) is 3.12. The number of morpholine rings is 1. The summed E-state index contributed by atoms with van der Waals surface area (Å²) in [6.45, 7) is 11.0. The van der Waals surface area contributed by atoms with Crippen LogP contribution < -0.4 is 15.8 Å². The van der Waals surface area contributed by atoms with Crippen molar-refractivity contribution in [1.29, 1.82) is 0 Å². The normalized spacial score (nSPS) is 21.4. The molecule has 0 bridgehead atoms. The first kappa shape index (κ1) is 25.8. The summed E-state index contributed by atoms with van der Waals surface area (Å²) in [4.78, 5) is 6.62. The maximum Gasteiger partial charge on any atom is 0.573 e. The molecule has 29 heavy (non-hydrogen) atoms. The molecule has 1 saturated heterocycles. The van der Waals surface area contributed by atoms with Gasteiger partial charge in [-0.3, -0.25) is 4.90 Å². The molecular weight excluding hydrogens is 500 g/mol. The molecule has 10 heteroatoms. The molecule has 1 heterocycles. The monoisotopic (exact) mass is 530 g/mol. The van der Waals surface area contributed by atoms with Gasteiger partial charge in [-0.1, -0.05) is 12.1 Å². The third-order valence-electron chi connectivity index (χ3n) is 4.57. The average molecular weight is 530 g/mol. The molecule has 0 aliphatic carbocycles. The lowest BCUT2D eigenvalue weighted by Crippen LogP contribution is -2.59. The van der Waals surface area contributed by atoms with Gasteiger partial charge >= 0.3 is 6.36 Å². The van der Waals surface area contributed by atoms with Crippen molar-refractivity contribution in [2.24, 2.45) is 10.7 Å². The van der Waals surface area contributed by atoms with E-state index in [1.165, 1.54) is 24.3 Å². The maximum atomic E-state index is 12.2. The lowest BCUT2D eigenvalue weighted by atomic mass is 10.00. The van der Waals surface area contributed by atoms with Gasteiger partial charge in [-0.15, -0.1) is 37.1 Å². The molecule has 1 aliphatic rings. The van der Waals surface area contributed by atoms with E-state index in [2.05, 4.69) is 47.6 Å². The van der Waals surface area contributed by atoms with Gasteiger partial charge in [0.1, 0.15) is 5.75 Å². The summed E-state index contributed by atoms with van der Waals surface area (Å²) >= 11 is 0. The molecule has 1 aliphatic heterocycles. The number of benzene rings is 1. The Labute approximate surface area is 187 Å². The maximum absolute atomic E-state index is 12.2. The Morgan fingerprint density at radius 3 is 2.28 bits per heavy atom. The summed E-state index contributed by atoms with van der Waals surface area (Å²) in [5.41, 5.74) is 6.54. The van der Waals surface area contributed by atoms with Crippen LogP contribution in [0.1, 0.15) is 33.3 Å². The van der Waals surface area contributed by atoms with Gasteiger partial charge in [0.25, 0.3) is 0 Å². The van der Waals surface area contributed by atoms with Crippen molar-refractivity contribution in [2.75, 3.05) is 19.6 Å². The lowest BCUT2D eigenvalue weighted by molar-refractivity contribution is -0.274. The van der Waals surface area contributed by atoms with E-state index < -0.39 is 6.36 Å². The third kappa shape index (κ3) is 8.95. The van der Waals surface area contributed by atoms with Gasteiger partial charge in [-0.05, 0) is 45.4 Å². The number of halogens is 4. The highest BCUT2D eigenvalue weighted by Crippen LogP contribution is 2.23. The van der Waals surface area contributed by atoms with E-state index >= 15 is 0 Å². The van der Waals surface area contributed by atoms with Crippen LogP contribution in [-0.2, 0) is 11.3 Å². The van der Waals surface area contributed by atoms with E-state index in [4.69, 9.17) is 10.5 Å². The van der Waals surface area contributed by atoms with Gasteiger partial charge in [-0.2, -0.15) is 0 Å². The summed E-state index contributed by atoms with van der Waals surface area (Å²) in [6, 6.07) is 5.56. The zero-order chi connectivity index (χ0) is 20.9. The van der Waals surface area contributed by atoms with Crippen LogP contribution in [0.2, 0.25) is 0 Å². The zero-order valence-electron chi connectivity index (χ0n) is 17.1. The molecule has 0 spiro atoms. The van der Waals surface area contributed by atoms with Crippen molar-refractivity contribution >= 4 is 29.9 Å². The minimum atomic E-state index is -4.70. The van der Waals surface area contributed by atoms with Crippen molar-refractivity contribution < 1.29 is 22.6 Å². The van der Waals surface area contributed by atoms with Gasteiger partial charge in [-0.25, -0.2) is 4.99 Å². The van der Waals surface area contributed by atoms with Crippen LogP contribution in [0.15, 0.2) is 29.3 Å². The predicted octanol–water partition coefficient (Wildman–Crippen LogP) is 3.50. The van der Waals surface area contributed by atoms with Crippen molar-refractivity contribution in [2.45, 2.75) is 58.3 Å². The van der Waals surface area contributed by atoms with Crippen LogP contribution in [0.3, 0.4) is 0 Å². The fraction of sp³-hybridized carbons (Fsp3) is 0.632. The van der Waals surface area contributed by atoms with Crippen LogP contribution in [-0.4, -0.2) is 54.6 Å². The van der Waals surface area contributed by atoms with Gasteiger partial charge in [0.2, 0.25) is 0 Å². The third-order valence-corrected chi connectivity index (χ3v) is 4.57. The van der Waals surface area contributed by atoms with Gasteiger partial charge < -0.3 is 20.5 Å². The molecule has 0 radical (unpaired) electrons. The molecule has 166 valence electrons. The molecule has 1 aromatic rings. The van der Waals surface area contributed by atoms with E-state index in [9.17, 15) is 13.2 Å². The SMILES string of the molecule is CC1CN(C(C)(C)CNC(N)=NCc2ccc(OC(F)(F)F)cc2)CC(C)O1.I. The number of hydrogen-bond donors (Lipinski definition) is 2. The second kappa shape index (κ2) is 10.7. The zero-order valence-corrected chi connectivity index (χ0v) is 19.5. The van der Waals surface area contributed by atoms with Crippen molar-refractivity contribution in [1.82, 2.24) is 10.2 Å². The highest BCUT2D eigenvalue weighted by molar-refractivity contribution is 14.0. The molecule has 1 aromatic carbocycles. The minimum Gasteiger partial charge on any atom is -0.406 e. The number of aliphatic imine (C=N–C) groups is 1. The first-order valence-corrected chi connectivity index (χ1v) is 9.23. The quantitative estimate of drug-likeness (QED) is 0.335.